The van der Waals surface area contributed by atoms with E-state index in [1.54, 1.807) is 16.8 Å². The van der Waals surface area contributed by atoms with Gasteiger partial charge in [-0.1, -0.05) is 30.3 Å². The minimum absolute atomic E-state index is 0.0395. The maximum absolute atomic E-state index is 12.9. The highest BCUT2D eigenvalue weighted by molar-refractivity contribution is 5.86. The number of halogens is 2. The molecule has 126 valence electrons. The monoisotopic (exact) mass is 332 g/mol. The summed E-state index contributed by atoms with van der Waals surface area (Å²) in [5.74, 6) is 0.324. The number of alkyl halides is 2. The minimum atomic E-state index is -2.66. The van der Waals surface area contributed by atoms with Crippen LogP contribution < -0.4 is 4.90 Å². The summed E-state index contributed by atoms with van der Waals surface area (Å²) in [4.78, 5) is 23.8. The Morgan fingerprint density at radius 1 is 1.21 bits per heavy atom. The molecule has 0 spiro atoms. The molecule has 24 heavy (non-hydrogen) atoms. The molecule has 1 unspecified atom stereocenters. The number of carbonyl (C=O) groups is 1. The first-order valence-electron chi connectivity index (χ1n) is 7.72. The first kappa shape index (κ1) is 16.3. The number of amides is 1. The Hall–Kier alpha value is -2.57. The third-order valence-electron chi connectivity index (χ3n) is 4.18. The molecule has 1 amide bonds. The van der Waals surface area contributed by atoms with E-state index in [0.717, 1.165) is 11.9 Å². The van der Waals surface area contributed by atoms with E-state index < -0.39 is 12.5 Å². The van der Waals surface area contributed by atoms with Gasteiger partial charge in [-0.25, -0.2) is 18.7 Å². The summed E-state index contributed by atoms with van der Waals surface area (Å²) in [7, 11) is 1.75. The highest BCUT2D eigenvalue weighted by Gasteiger charge is 2.34. The fourth-order valence-electron chi connectivity index (χ4n) is 2.86. The van der Waals surface area contributed by atoms with Gasteiger partial charge < -0.3 is 9.80 Å². The Bertz CT molecular complexity index is 711. The predicted molar refractivity (Wildman–Crippen MR) is 85.9 cm³/mol. The van der Waals surface area contributed by atoms with Crippen LogP contribution in [0.1, 0.15) is 17.7 Å². The molecule has 1 atom stereocenters. The molecule has 2 heterocycles. The molecule has 1 saturated heterocycles. The number of carbonyl (C=O) groups excluding carboxylic acids is 1. The normalized spacial score (nSPS) is 18.3. The van der Waals surface area contributed by atoms with Crippen LogP contribution in [-0.4, -0.2) is 47.0 Å². The van der Waals surface area contributed by atoms with Crippen molar-refractivity contribution in [3.8, 4) is 0 Å². The number of benzene rings is 1. The van der Waals surface area contributed by atoms with E-state index in [9.17, 15) is 13.6 Å². The molecule has 1 aliphatic rings. The molecule has 0 saturated carbocycles. The maximum atomic E-state index is 12.9. The van der Waals surface area contributed by atoms with Gasteiger partial charge in [-0.15, -0.1) is 0 Å². The topological polar surface area (TPSA) is 49.3 Å². The smallest absolute Gasteiger partial charge is 0.280 e. The molecule has 1 aromatic carbocycles. The lowest BCUT2D eigenvalue weighted by Crippen LogP contribution is -2.57. The molecule has 1 aromatic heterocycles. The minimum Gasteiger partial charge on any atom is -0.342 e. The number of hydrogen-bond acceptors (Lipinski definition) is 4. The Balaban J connectivity index is 1.91. The first-order chi connectivity index (χ1) is 11.6. The van der Waals surface area contributed by atoms with E-state index in [4.69, 9.17) is 0 Å². The molecule has 0 N–H and O–H groups in total. The average Bonchev–Trinajstić information content (AvgIpc) is 2.60. The molecule has 0 bridgehead atoms. The standard InChI is InChI=1S/C17H18F2N4O/c1-22-7-8-23(15-10-13(16(18)19)20-11-21-15)14(17(22)24)9-12-5-3-2-4-6-12/h2-6,10-11,14,16H,7-9H2,1H3. The largest absolute Gasteiger partial charge is 0.342 e. The summed E-state index contributed by atoms with van der Waals surface area (Å²) >= 11 is 0. The number of nitrogens with zero attached hydrogens (tertiary/aromatic N) is 4. The third-order valence-corrected chi connectivity index (χ3v) is 4.18. The number of piperazine rings is 1. The zero-order chi connectivity index (χ0) is 17.1. The van der Waals surface area contributed by atoms with Gasteiger partial charge in [-0.3, -0.25) is 4.79 Å². The van der Waals surface area contributed by atoms with E-state index >= 15 is 0 Å². The van der Waals surface area contributed by atoms with Gasteiger partial charge in [-0.05, 0) is 5.56 Å². The zero-order valence-corrected chi connectivity index (χ0v) is 13.3. The van der Waals surface area contributed by atoms with Crippen LogP contribution in [0.15, 0.2) is 42.7 Å². The van der Waals surface area contributed by atoms with Crippen molar-refractivity contribution in [2.24, 2.45) is 0 Å². The van der Waals surface area contributed by atoms with Gasteiger partial charge in [0.1, 0.15) is 23.9 Å². The van der Waals surface area contributed by atoms with Gasteiger partial charge in [0, 0.05) is 32.6 Å². The second-order valence-corrected chi connectivity index (χ2v) is 5.76. The van der Waals surface area contributed by atoms with Gasteiger partial charge in [0.2, 0.25) is 5.91 Å². The van der Waals surface area contributed by atoms with Gasteiger partial charge in [0.25, 0.3) is 6.43 Å². The molecular formula is C17H18F2N4O. The Kier molecular flexibility index (Phi) is 4.69. The highest BCUT2D eigenvalue weighted by atomic mass is 19.3. The predicted octanol–water partition coefficient (Wildman–Crippen LogP) is 2.30. The van der Waals surface area contributed by atoms with Crippen LogP contribution in [0.4, 0.5) is 14.6 Å². The maximum Gasteiger partial charge on any atom is 0.280 e. The van der Waals surface area contributed by atoms with Crippen molar-refractivity contribution in [1.29, 1.82) is 0 Å². The summed E-state index contributed by atoms with van der Waals surface area (Å²) in [6.07, 6.45) is -1.04. The number of anilines is 1. The summed E-state index contributed by atoms with van der Waals surface area (Å²) in [5.41, 5.74) is 0.684. The summed E-state index contributed by atoms with van der Waals surface area (Å²) in [5, 5.41) is 0. The van der Waals surface area contributed by atoms with Crippen molar-refractivity contribution in [2.45, 2.75) is 18.9 Å². The summed E-state index contributed by atoms with van der Waals surface area (Å²) < 4.78 is 25.8. The fourth-order valence-corrected chi connectivity index (χ4v) is 2.86. The third kappa shape index (κ3) is 3.34. The lowest BCUT2D eigenvalue weighted by atomic mass is 10.0. The van der Waals surface area contributed by atoms with E-state index in [-0.39, 0.29) is 11.6 Å². The van der Waals surface area contributed by atoms with Crippen LogP contribution in [0.25, 0.3) is 0 Å². The van der Waals surface area contributed by atoms with Crippen LogP contribution in [0.3, 0.4) is 0 Å². The van der Waals surface area contributed by atoms with Gasteiger partial charge in [0.05, 0.1) is 0 Å². The van der Waals surface area contributed by atoms with Crippen molar-refractivity contribution in [1.82, 2.24) is 14.9 Å². The summed E-state index contributed by atoms with van der Waals surface area (Å²) in [6.45, 7) is 1.07. The summed E-state index contributed by atoms with van der Waals surface area (Å²) in [6, 6.07) is 10.4. The van der Waals surface area contributed by atoms with Crippen molar-refractivity contribution in [3.05, 3.63) is 54.0 Å². The number of aromatic nitrogens is 2. The quantitative estimate of drug-likeness (QED) is 0.862. The van der Waals surface area contributed by atoms with E-state index in [1.165, 1.54) is 6.07 Å². The van der Waals surface area contributed by atoms with Gasteiger partial charge >= 0.3 is 0 Å². The van der Waals surface area contributed by atoms with Crippen LogP contribution >= 0.6 is 0 Å². The molecule has 7 heteroatoms. The lowest BCUT2D eigenvalue weighted by molar-refractivity contribution is -0.132. The second kappa shape index (κ2) is 6.90. The zero-order valence-electron chi connectivity index (χ0n) is 13.3. The van der Waals surface area contributed by atoms with Crippen molar-refractivity contribution in [2.75, 3.05) is 25.0 Å². The van der Waals surface area contributed by atoms with Crippen molar-refractivity contribution < 1.29 is 13.6 Å². The molecule has 1 fully saturated rings. The van der Waals surface area contributed by atoms with Crippen LogP contribution in [0.2, 0.25) is 0 Å². The van der Waals surface area contributed by atoms with Crippen LogP contribution in [-0.2, 0) is 11.2 Å². The van der Waals surface area contributed by atoms with Crippen molar-refractivity contribution >= 4 is 11.7 Å². The number of likely N-dealkylation sites (N-methyl/N-ethyl adjacent to an activating group) is 1. The Labute approximate surface area is 138 Å². The van der Waals surface area contributed by atoms with Crippen LogP contribution in [0, 0.1) is 0 Å². The molecule has 0 aliphatic carbocycles. The van der Waals surface area contributed by atoms with Crippen molar-refractivity contribution in [3.63, 3.8) is 0 Å². The Morgan fingerprint density at radius 2 is 1.96 bits per heavy atom. The SMILES string of the molecule is CN1CCN(c2cc(C(F)F)ncn2)C(Cc2ccccc2)C1=O. The molecule has 0 radical (unpaired) electrons. The van der Waals surface area contributed by atoms with Gasteiger partial charge in [-0.2, -0.15) is 0 Å². The lowest BCUT2D eigenvalue weighted by Gasteiger charge is -2.40. The Morgan fingerprint density at radius 3 is 2.67 bits per heavy atom. The molecule has 3 rings (SSSR count). The number of hydrogen-bond donors (Lipinski definition) is 0. The molecule has 1 aliphatic heterocycles. The van der Waals surface area contributed by atoms with Crippen LogP contribution in [0.5, 0.6) is 0 Å². The second-order valence-electron chi connectivity index (χ2n) is 5.76. The molecular weight excluding hydrogens is 314 g/mol. The van der Waals surface area contributed by atoms with Gasteiger partial charge in [0.15, 0.2) is 0 Å². The average molecular weight is 332 g/mol. The van der Waals surface area contributed by atoms with E-state index in [1.807, 2.05) is 30.3 Å². The fraction of sp³-hybridized carbons (Fsp3) is 0.353. The van der Waals surface area contributed by atoms with E-state index in [0.29, 0.717) is 25.3 Å². The molecule has 2 aromatic rings. The first-order valence-corrected chi connectivity index (χ1v) is 7.72. The molecule has 5 nitrogen and oxygen atoms in total. The van der Waals surface area contributed by atoms with E-state index in [2.05, 4.69) is 9.97 Å². The number of rotatable bonds is 4. The highest BCUT2D eigenvalue weighted by Crippen LogP contribution is 2.25.